The third-order valence-electron chi connectivity index (χ3n) is 7.67. The van der Waals surface area contributed by atoms with Gasteiger partial charge in [-0.15, -0.1) is 0 Å². The Balaban J connectivity index is 2.11. The van der Waals surface area contributed by atoms with Gasteiger partial charge >= 0.3 is 5.97 Å². The van der Waals surface area contributed by atoms with E-state index in [1.807, 2.05) is 0 Å². The summed E-state index contributed by atoms with van der Waals surface area (Å²) in [5.74, 6) is -0.675. The molecule has 0 radical (unpaired) electrons. The molecule has 4 nitrogen and oxygen atoms in total. The van der Waals surface area contributed by atoms with Crippen LogP contribution in [0.25, 0.3) is 0 Å². The molecule has 0 aliphatic heterocycles. The third-order valence-corrected chi connectivity index (χ3v) is 8.68. The molecule has 4 aromatic carbocycles. The lowest BCUT2D eigenvalue weighted by atomic mass is 9.52. The first kappa shape index (κ1) is 30.4. The largest absolute Gasteiger partial charge is 0.469 e. The molecule has 0 N–H and O–H groups in total. The van der Waals surface area contributed by atoms with Gasteiger partial charge in [0.25, 0.3) is 0 Å². The summed E-state index contributed by atoms with van der Waals surface area (Å²) in [6.45, 7) is 1.66. The Hall–Kier alpha value is -3.51. The first-order valence-electron chi connectivity index (χ1n) is 12.5. The Morgan fingerprint density at radius 2 is 0.951 bits per heavy atom. The minimum atomic E-state index is -1.65. The van der Waals surface area contributed by atoms with Crippen LogP contribution in [-0.2, 0) is 20.4 Å². The van der Waals surface area contributed by atoms with E-state index in [9.17, 15) is 15.3 Å². The Morgan fingerprint density at radius 3 is 1.22 bits per heavy atom. The molecule has 206 valence electrons. The number of hydrogen-bond acceptors (Lipinski definition) is 4. The molecule has 8 heteroatoms. The summed E-state index contributed by atoms with van der Waals surface area (Å²) < 4.78 is 5.42. The van der Waals surface area contributed by atoms with Crippen molar-refractivity contribution in [3.8, 4) is 12.1 Å². The minimum absolute atomic E-state index is 0.148. The van der Waals surface area contributed by atoms with Crippen LogP contribution in [0.3, 0.4) is 0 Å². The van der Waals surface area contributed by atoms with Crippen LogP contribution in [0.1, 0.15) is 35.6 Å². The maximum Gasteiger partial charge on any atom is 0.313 e. The normalized spacial score (nSPS) is 13.0. The van der Waals surface area contributed by atoms with Gasteiger partial charge in [-0.2, -0.15) is 10.5 Å². The summed E-state index contributed by atoms with van der Waals surface area (Å²) in [7, 11) is 1.27. The van der Waals surface area contributed by atoms with Crippen LogP contribution in [0.2, 0.25) is 20.1 Å². The molecule has 0 saturated heterocycles. The molecule has 0 saturated carbocycles. The Bertz CT molecular complexity index is 1530. The van der Waals surface area contributed by atoms with Crippen LogP contribution in [0.4, 0.5) is 0 Å². The van der Waals surface area contributed by atoms with Crippen molar-refractivity contribution < 1.29 is 9.53 Å². The van der Waals surface area contributed by atoms with Gasteiger partial charge in [-0.1, -0.05) is 94.9 Å². The van der Waals surface area contributed by atoms with Gasteiger partial charge in [0, 0.05) is 20.1 Å². The van der Waals surface area contributed by atoms with Crippen LogP contribution >= 0.6 is 46.4 Å². The van der Waals surface area contributed by atoms with E-state index < -0.39 is 22.2 Å². The molecule has 0 amide bonds. The molecule has 41 heavy (non-hydrogen) atoms. The van der Waals surface area contributed by atoms with E-state index in [-0.39, 0.29) is 6.42 Å². The van der Waals surface area contributed by atoms with Gasteiger partial charge in [0.2, 0.25) is 0 Å². The summed E-state index contributed by atoms with van der Waals surface area (Å²) in [5, 5.41) is 24.1. The van der Waals surface area contributed by atoms with Gasteiger partial charge in [-0.3, -0.25) is 4.79 Å². The molecule has 0 aromatic heterocycles. The van der Waals surface area contributed by atoms with Crippen LogP contribution < -0.4 is 0 Å². The molecule has 1 unspecified atom stereocenters. The number of benzene rings is 4. The highest BCUT2D eigenvalue weighted by atomic mass is 35.5. The SMILES string of the molecule is COC(=O)C(C)(CC(C#N)(c1ccc(Cl)cc1)c1ccc(Cl)cc1)C(C#N)(c1ccc(Cl)cc1)c1ccc(Cl)cc1. The molecular formula is C33H24Cl4N2O2. The number of halogens is 4. The monoisotopic (exact) mass is 620 g/mol. The summed E-state index contributed by atoms with van der Waals surface area (Å²) in [6, 6.07) is 32.2. The highest BCUT2D eigenvalue weighted by molar-refractivity contribution is 6.31. The predicted octanol–water partition coefficient (Wildman–Crippen LogP) is 9.19. The molecule has 0 fully saturated rings. The minimum Gasteiger partial charge on any atom is -0.469 e. The van der Waals surface area contributed by atoms with E-state index in [0.29, 0.717) is 42.3 Å². The van der Waals surface area contributed by atoms with E-state index in [2.05, 4.69) is 12.1 Å². The molecular weight excluding hydrogens is 598 g/mol. The van der Waals surface area contributed by atoms with E-state index >= 15 is 0 Å². The third kappa shape index (κ3) is 5.42. The van der Waals surface area contributed by atoms with Crippen LogP contribution in [0.5, 0.6) is 0 Å². The van der Waals surface area contributed by atoms with E-state index in [4.69, 9.17) is 51.1 Å². The predicted molar refractivity (Wildman–Crippen MR) is 163 cm³/mol. The van der Waals surface area contributed by atoms with Crippen LogP contribution in [0.15, 0.2) is 97.1 Å². The maximum atomic E-state index is 14.1. The summed E-state index contributed by atoms with van der Waals surface area (Å²) in [5.41, 5.74) is -2.55. The molecule has 0 spiro atoms. The summed E-state index contributed by atoms with van der Waals surface area (Å²) in [6.07, 6.45) is -0.148. The number of esters is 1. The zero-order valence-corrected chi connectivity index (χ0v) is 25.2. The van der Waals surface area contributed by atoms with Crippen molar-refractivity contribution >= 4 is 52.4 Å². The number of methoxy groups -OCH3 is 1. The van der Waals surface area contributed by atoms with Crippen LogP contribution in [0, 0.1) is 28.1 Å². The number of ether oxygens (including phenoxy) is 1. The van der Waals surface area contributed by atoms with E-state index in [1.54, 1.807) is 104 Å². The number of nitrogens with zero attached hydrogens (tertiary/aromatic N) is 2. The highest BCUT2D eigenvalue weighted by Crippen LogP contribution is 2.55. The standard InChI is InChI=1S/C33H24Cl4N2O2/c1-31(30(40)41-2,33(21-39,24-7-15-28(36)16-8-24)25-9-17-29(37)18-10-25)19-32(20-38,22-3-11-26(34)12-4-22)23-5-13-27(35)14-6-23/h3-18H,19H2,1-2H3. The second kappa shape index (κ2) is 12.2. The second-order valence-electron chi connectivity index (χ2n) is 9.91. The Kier molecular flexibility index (Phi) is 9.03. The van der Waals surface area contributed by atoms with Crippen molar-refractivity contribution in [1.29, 1.82) is 10.5 Å². The number of rotatable bonds is 8. The van der Waals surface area contributed by atoms with Gasteiger partial charge in [-0.05, 0) is 84.1 Å². The lowest BCUT2D eigenvalue weighted by molar-refractivity contribution is -0.155. The van der Waals surface area contributed by atoms with Gasteiger partial charge in [0.05, 0.1) is 24.7 Å². The smallest absolute Gasteiger partial charge is 0.313 e. The van der Waals surface area contributed by atoms with Gasteiger partial charge in [0.1, 0.15) is 10.8 Å². The highest BCUT2D eigenvalue weighted by Gasteiger charge is 2.60. The van der Waals surface area contributed by atoms with Crippen molar-refractivity contribution in [2.75, 3.05) is 7.11 Å². The molecule has 0 heterocycles. The fourth-order valence-corrected chi connectivity index (χ4v) is 6.08. The summed E-state index contributed by atoms with van der Waals surface area (Å²) >= 11 is 24.9. The first-order chi connectivity index (χ1) is 19.6. The van der Waals surface area contributed by atoms with Gasteiger partial charge < -0.3 is 4.74 Å². The van der Waals surface area contributed by atoms with Crippen LogP contribution in [-0.4, -0.2) is 13.1 Å². The van der Waals surface area contributed by atoms with Crippen molar-refractivity contribution in [1.82, 2.24) is 0 Å². The molecule has 4 rings (SSSR count). The Morgan fingerprint density at radius 1 is 0.634 bits per heavy atom. The fraction of sp³-hybridized carbons (Fsp3) is 0.182. The average molecular weight is 622 g/mol. The number of carbonyl (C=O) groups is 1. The van der Waals surface area contributed by atoms with Crippen molar-refractivity contribution in [2.24, 2.45) is 5.41 Å². The van der Waals surface area contributed by atoms with E-state index in [0.717, 1.165) is 0 Å². The number of hydrogen-bond donors (Lipinski definition) is 0. The topological polar surface area (TPSA) is 73.9 Å². The van der Waals surface area contributed by atoms with Crippen molar-refractivity contribution in [3.05, 3.63) is 139 Å². The Labute approximate surface area is 259 Å². The lowest BCUT2D eigenvalue weighted by Crippen LogP contribution is -2.53. The molecule has 1 atom stereocenters. The molecule has 0 aliphatic carbocycles. The van der Waals surface area contributed by atoms with Crippen molar-refractivity contribution in [3.63, 3.8) is 0 Å². The number of nitriles is 2. The average Bonchev–Trinajstić information content (AvgIpc) is 2.98. The molecule has 0 aliphatic rings. The number of carbonyl (C=O) groups excluding carboxylic acids is 1. The molecule has 0 bridgehead atoms. The second-order valence-corrected chi connectivity index (χ2v) is 11.7. The zero-order valence-electron chi connectivity index (χ0n) is 22.2. The molecule has 4 aromatic rings. The van der Waals surface area contributed by atoms with Gasteiger partial charge in [-0.25, -0.2) is 0 Å². The van der Waals surface area contributed by atoms with Gasteiger partial charge in [0.15, 0.2) is 0 Å². The first-order valence-corrected chi connectivity index (χ1v) is 14.0. The maximum absolute atomic E-state index is 14.1. The zero-order chi connectivity index (χ0) is 29.8. The quantitative estimate of drug-likeness (QED) is 0.184. The van der Waals surface area contributed by atoms with E-state index in [1.165, 1.54) is 7.11 Å². The van der Waals surface area contributed by atoms with Crippen molar-refractivity contribution in [2.45, 2.75) is 24.2 Å². The fourth-order valence-electron chi connectivity index (χ4n) is 5.58. The lowest BCUT2D eigenvalue weighted by Gasteiger charge is -2.46. The summed E-state index contributed by atoms with van der Waals surface area (Å²) in [4.78, 5) is 14.1.